The molecule has 3 heterocycles. The lowest BCUT2D eigenvalue weighted by molar-refractivity contribution is 0.255. The lowest BCUT2D eigenvalue weighted by atomic mass is 10.0. The Morgan fingerprint density at radius 2 is 2.26 bits per heavy atom. The number of fused-ring (bicyclic) bond motifs is 2. The molecular weight excluding hydrogens is 292 g/mol. The molecule has 1 aromatic carbocycles. The van der Waals surface area contributed by atoms with Gasteiger partial charge in [0, 0.05) is 43.4 Å². The van der Waals surface area contributed by atoms with Gasteiger partial charge in [-0.3, -0.25) is 4.90 Å². The van der Waals surface area contributed by atoms with Crippen LogP contribution < -0.4 is 10.5 Å². The first-order chi connectivity index (χ1) is 11.2. The van der Waals surface area contributed by atoms with Crippen molar-refractivity contribution < 1.29 is 9.84 Å². The lowest BCUT2D eigenvalue weighted by Crippen LogP contribution is -2.34. The number of nitrogens with two attached hydrogens (primary N) is 1. The fraction of sp³-hybridized carbons (Fsp3) is 0.294. The number of nitrogen functional groups attached to an aromatic ring is 1. The summed E-state index contributed by atoms with van der Waals surface area (Å²) in [5, 5.41) is 9.61. The van der Waals surface area contributed by atoms with Gasteiger partial charge in [-0.15, -0.1) is 0 Å². The highest BCUT2D eigenvalue weighted by molar-refractivity contribution is 5.64. The highest BCUT2D eigenvalue weighted by atomic mass is 16.5. The predicted octanol–water partition coefficient (Wildman–Crippen LogP) is 1.60. The van der Waals surface area contributed by atoms with E-state index in [-0.39, 0.29) is 5.75 Å². The Balaban J connectivity index is 1.50. The number of phenols is 1. The second-order valence-corrected chi connectivity index (χ2v) is 5.97. The normalized spacial score (nSPS) is 17.0. The van der Waals surface area contributed by atoms with Crippen molar-refractivity contribution in [3.05, 3.63) is 46.8 Å². The summed E-state index contributed by atoms with van der Waals surface area (Å²) < 4.78 is 5.77. The molecule has 2 aliphatic rings. The van der Waals surface area contributed by atoms with E-state index in [4.69, 9.17) is 10.5 Å². The second kappa shape index (κ2) is 5.55. The van der Waals surface area contributed by atoms with Gasteiger partial charge >= 0.3 is 0 Å². The first-order valence-electron chi connectivity index (χ1n) is 7.65. The van der Waals surface area contributed by atoms with Crippen molar-refractivity contribution in [2.24, 2.45) is 0 Å². The number of nitrogens with zero attached hydrogens (tertiary/aromatic N) is 3. The minimum Gasteiger partial charge on any atom is -0.508 e. The van der Waals surface area contributed by atoms with Crippen molar-refractivity contribution in [2.75, 3.05) is 25.4 Å². The number of aromatic hydroxyl groups is 1. The largest absolute Gasteiger partial charge is 0.508 e. The van der Waals surface area contributed by atoms with E-state index < -0.39 is 0 Å². The molecule has 0 fully saturated rings. The van der Waals surface area contributed by atoms with Crippen LogP contribution in [0.4, 0.5) is 5.95 Å². The van der Waals surface area contributed by atoms with Gasteiger partial charge in [0.15, 0.2) is 0 Å². The van der Waals surface area contributed by atoms with Crippen LogP contribution in [-0.2, 0) is 13.0 Å². The Morgan fingerprint density at radius 3 is 3.17 bits per heavy atom. The van der Waals surface area contributed by atoms with Gasteiger partial charge in [0.05, 0.1) is 5.69 Å². The molecule has 0 amide bonds. The maximum atomic E-state index is 9.61. The molecule has 23 heavy (non-hydrogen) atoms. The summed E-state index contributed by atoms with van der Waals surface area (Å²) in [4.78, 5) is 10.7. The third kappa shape index (κ3) is 2.85. The molecule has 2 aliphatic heterocycles. The Labute approximate surface area is 134 Å². The van der Waals surface area contributed by atoms with Crippen LogP contribution in [0.2, 0.25) is 0 Å². The first-order valence-corrected chi connectivity index (χ1v) is 7.65. The summed E-state index contributed by atoms with van der Waals surface area (Å²) in [6.07, 6.45) is 4.81. The number of rotatable bonds is 2. The molecular formula is C17H18N4O2. The zero-order valence-corrected chi connectivity index (χ0v) is 12.7. The van der Waals surface area contributed by atoms with Crippen LogP contribution in [0.1, 0.15) is 16.8 Å². The number of aromatic nitrogens is 2. The Hall–Kier alpha value is -2.60. The summed E-state index contributed by atoms with van der Waals surface area (Å²) in [7, 11) is 0. The van der Waals surface area contributed by atoms with Gasteiger partial charge in [0.25, 0.3) is 0 Å². The highest BCUT2D eigenvalue weighted by Gasteiger charge is 2.20. The van der Waals surface area contributed by atoms with Crippen LogP contribution in [0.25, 0.3) is 6.08 Å². The van der Waals surface area contributed by atoms with Gasteiger partial charge in [-0.05, 0) is 29.8 Å². The van der Waals surface area contributed by atoms with Crippen molar-refractivity contribution in [1.29, 1.82) is 0 Å². The maximum absolute atomic E-state index is 9.61. The molecule has 2 aromatic rings. The van der Waals surface area contributed by atoms with Gasteiger partial charge < -0.3 is 15.6 Å². The fourth-order valence-corrected chi connectivity index (χ4v) is 3.12. The summed E-state index contributed by atoms with van der Waals surface area (Å²) in [5.74, 6) is 1.42. The topological polar surface area (TPSA) is 84.5 Å². The van der Waals surface area contributed by atoms with Crippen LogP contribution in [0.5, 0.6) is 11.5 Å². The molecule has 0 radical (unpaired) electrons. The van der Waals surface area contributed by atoms with Crippen molar-refractivity contribution in [3.8, 4) is 11.5 Å². The zero-order valence-electron chi connectivity index (χ0n) is 12.7. The third-order valence-corrected chi connectivity index (χ3v) is 4.22. The summed E-state index contributed by atoms with van der Waals surface area (Å²) in [6, 6.07) is 5.18. The monoisotopic (exact) mass is 310 g/mol. The van der Waals surface area contributed by atoms with Gasteiger partial charge in [-0.25, -0.2) is 9.97 Å². The molecule has 118 valence electrons. The van der Waals surface area contributed by atoms with Crippen LogP contribution in [0.15, 0.2) is 30.0 Å². The predicted molar refractivity (Wildman–Crippen MR) is 87.0 cm³/mol. The second-order valence-electron chi connectivity index (χ2n) is 5.97. The van der Waals surface area contributed by atoms with Crippen LogP contribution in [0.3, 0.4) is 0 Å². The molecule has 0 bridgehead atoms. The minimum atomic E-state index is 0.256. The standard InChI is InChI=1S/C17H18N4O2/c18-17-19-7-13-9-21(4-3-15(13)20-17)8-11-5-12-6-14(22)1-2-16(12)23-10-11/h1-2,5-7,22H,3-4,8-10H2,(H2,18,19,20). The van der Waals surface area contributed by atoms with E-state index in [1.165, 1.54) is 5.57 Å². The zero-order chi connectivity index (χ0) is 15.8. The fourth-order valence-electron chi connectivity index (χ4n) is 3.12. The van der Waals surface area contributed by atoms with E-state index in [1.807, 2.05) is 6.20 Å². The summed E-state index contributed by atoms with van der Waals surface area (Å²) >= 11 is 0. The van der Waals surface area contributed by atoms with Crippen molar-refractivity contribution in [2.45, 2.75) is 13.0 Å². The average molecular weight is 310 g/mol. The van der Waals surface area contributed by atoms with Gasteiger partial charge in [0.1, 0.15) is 18.1 Å². The minimum absolute atomic E-state index is 0.256. The third-order valence-electron chi connectivity index (χ3n) is 4.22. The van der Waals surface area contributed by atoms with E-state index in [1.54, 1.807) is 18.2 Å². The molecule has 0 unspecified atom stereocenters. The number of phenolic OH excluding ortho intramolecular Hbond substituents is 1. The lowest BCUT2D eigenvalue weighted by Gasteiger charge is -2.29. The number of anilines is 1. The molecule has 6 nitrogen and oxygen atoms in total. The van der Waals surface area contributed by atoms with Gasteiger partial charge in [-0.1, -0.05) is 0 Å². The molecule has 6 heteroatoms. The van der Waals surface area contributed by atoms with E-state index in [0.29, 0.717) is 12.6 Å². The van der Waals surface area contributed by atoms with Crippen molar-refractivity contribution in [3.63, 3.8) is 0 Å². The van der Waals surface area contributed by atoms with Gasteiger partial charge in [0.2, 0.25) is 5.95 Å². The van der Waals surface area contributed by atoms with Crippen molar-refractivity contribution in [1.82, 2.24) is 14.9 Å². The maximum Gasteiger partial charge on any atom is 0.220 e. The Bertz CT molecular complexity index is 788. The number of hydrogen-bond acceptors (Lipinski definition) is 6. The van der Waals surface area contributed by atoms with E-state index in [2.05, 4.69) is 20.9 Å². The summed E-state index contributed by atoms with van der Waals surface area (Å²) in [5.41, 5.74) is 9.96. The van der Waals surface area contributed by atoms with E-state index >= 15 is 0 Å². The molecule has 0 atom stereocenters. The average Bonchev–Trinajstić information content (AvgIpc) is 2.54. The molecule has 1 aromatic heterocycles. The van der Waals surface area contributed by atoms with E-state index in [9.17, 15) is 5.11 Å². The highest BCUT2D eigenvalue weighted by Crippen LogP contribution is 2.30. The van der Waals surface area contributed by atoms with E-state index in [0.717, 1.165) is 48.6 Å². The smallest absolute Gasteiger partial charge is 0.220 e. The molecule has 3 N–H and O–H groups in total. The molecule has 0 saturated heterocycles. The quantitative estimate of drug-likeness (QED) is 0.876. The first kappa shape index (κ1) is 14.0. The summed E-state index contributed by atoms with van der Waals surface area (Å²) in [6.45, 7) is 3.17. The Morgan fingerprint density at radius 1 is 1.35 bits per heavy atom. The van der Waals surface area contributed by atoms with Crippen molar-refractivity contribution >= 4 is 12.0 Å². The number of benzene rings is 1. The van der Waals surface area contributed by atoms with Gasteiger partial charge in [-0.2, -0.15) is 0 Å². The molecule has 0 saturated carbocycles. The SMILES string of the molecule is Nc1ncc2c(n1)CCN(CC1=Cc3cc(O)ccc3OC1)C2. The van der Waals surface area contributed by atoms with Crippen LogP contribution in [0, 0.1) is 0 Å². The molecule has 0 spiro atoms. The Kier molecular flexibility index (Phi) is 3.38. The number of ether oxygens (including phenoxy) is 1. The number of hydrogen-bond donors (Lipinski definition) is 2. The van der Waals surface area contributed by atoms with Crippen LogP contribution >= 0.6 is 0 Å². The molecule has 0 aliphatic carbocycles. The molecule has 4 rings (SSSR count). The van der Waals surface area contributed by atoms with Crippen LogP contribution in [-0.4, -0.2) is 39.7 Å².